The Morgan fingerprint density at radius 2 is 2.43 bits per heavy atom. The summed E-state index contributed by atoms with van der Waals surface area (Å²) in [5.74, 6) is -0.133. The lowest BCUT2D eigenvalue weighted by Crippen LogP contribution is -2.34. The Labute approximate surface area is 87.7 Å². The van der Waals surface area contributed by atoms with Crippen LogP contribution in [-0.2, 0) is 0 Å². The summed E-state index contributed by atoms with van der Waals surface area (Å²) in [5, 5.41) is 0. The third kappa shape index (κ3) is 2.77. The van der Waals surface area contributed by atoms with Gasteiger partial charge in [0.1, 0.15) is 0 Å². The molecule has 1 aromatic rings. The number of pyridine rings is 1. The number of hydrogen-bond acceptors (Lipinski definition) is 3. The summed E-state index contributed by atoms with van der Waals surface area (Å²) >= 11 is 4.71. The van der Waals surface area contributed by atoms with Gasteiger partial charge in [0.05, 0.1) is 17.1 Å². The molecule has 0 radical (unpaired) electrons. The molecular weight excluding hydrogens is 198 g/mol. The van der Waals surface area contributed by atoms with Gasteiger partial charge in [-0.25, -0.2) is 0 Å². The number of nitrogens with zero attached hydrogens (tertiary/aromatic N) is 2. The zero-order valence-electron chi connectivity index (χ0n) is 7.80. The topological polar surface area (TPSA) is 59.2 Å². The molecule has 0 atom stereocenters. The molecule has 0 saturated heterocycles. The number of hydrogen-bond donors (Lipinski definition) is 1. The highest BCUT2D eigenvalue weighted by molar-refractivity contribution is 7.80. The summed E-state index contributed by atoms with van der Waals surface area (Å²) in [4.78, 5) is 17.3. The number of carbonyl (C=O) groups excluding carboxylic acids is 1. The fourth-order valence-electron chi connectivity index (χ4n) is 1.02. The van der Waals surface area contributed by atoms with E-state index in [0.29, 0.717) is 10.6 Å². The van der Waals surface area contributed by atoms with Crippen LogP contribution in [0.25, 0.3) is 0 Å². The van der Waals surface area contributed by atoms with Crippen LogP contribution >= 0.6 is 12.2 Å². The van der Waals surface area contributed by atoms with E-state index in [1.165, 1.54) is 11.1 Å². The SMILES string of the molecule is CN(CC(N)=S)C(=O)c1cccnc1. The van der Waals surface area contributed by atoms with Crippen molar-refractivity contribution >= 4 is 23.1 Å². The maximum absolute atomic E-state index is 11.7. The van der Waals surface area contributed by atoms with E-state index in [-0.39, 0.29) is 12.5 Å². The summed E-state index contributed by atoms with van der Waals surface area (Å²) in [7, 11) is 1.65. The number of amides is 1. The zero-order chi connectivity index (χ0) is 10.6. The zero-order valence-corrected chi connectivity index (χ0v) is 8.62. The molecule has 1 amide bonds. The molecule has 14 heavy (non-hydrogen) atoms. The monoisotopic (exact) mass is 209 g/mol. The number of thiocarbonyl (C=S) groups is 1. The molecule has 0 saturated carbocycles. The van der Waals surface area contributed by atoms with E-state index in [2.05, 4.69) is 4.98 Å². The molecule has 1 rings (SSSR count). The number of nitrogens with two attached hydrogens (primary N) is 1. The first-order valence-electron chi connectivity index (χ1n) is 4.05. The Kier molecular flexibility index (Phi) is 3.53. The molecule has 74 valence electrons. The van der Waals surface area contributed by atoms with Crippen LogP contribution in [-0.4, -0.2) is 34.4 Å². The van der Waals surface area contributed by atoms with E-state index < -0.39 is 0 Å². The van der Waals surface area contributed by atoms with Crippen LogP contribution in [0.3, 0.4) is 0 Å². The van der Waals surface area contributed by atoms with Gasteiger partial charge in [0.2, 0.25) is 0 Å². The molecule has 5 heteroatoms. The van der Waals surface area contributed by atoms with Crippen molar-refractivity contribution in [2.24, 2.45) is 5.73 Å². The lowest BCUT2D eigenvalue weighted by atomic mass is 10.2. The Hall–Kier alpha value is -1.49. The molecule has 0 spiro atoms. The Morgan fingerprint density at radius 3 is 2.93 bits per heavy atom. The van der Waals surface area contributed by atoms with Gasteiger partial charge in [-0.05, 0) is 12.1 Å². The average Bonchev–Trinajstić information content (AvgIpc) is 2.17. The lowest BCUT2D eigenvalue weighted by molar-refractivity contribution is 0.0814. The number of rotatable bonds is 3. The summed E-state index contributed by atoms with van der Waals surface area (Å²) in [5.41, 5.74) is 5.86. The molecule has 2 N–H and O–H groups in total. The van der Waals surface area contributed by atoms with Gasteiger partial charge in [-0.15, -0.1) is 0 Å². The van der Waals surface area contributed by atoms with Crippen molar-refractivity contribution in [3.63, 3.8) is 0 Å². The highest BCUT2D eigenvalue weighted by Gasteiger charge is 2.11. The lowest BCUT2D eigenvalue weighted by Gasteiger charge is -2.15. The van der Waals surface area contributed by atoms with Gasteiger partial charge in [-0.3, -0.25) is 9.78 Å². The van der Waals surface area contributed by atoms with E-state index >= 15 is 0 Å². The average molecular weight is 209 g/mol. The molecule has 0 aliphatic carbocycles. The molecule has 0 unspecified atom stereocenters. The summed E-state index contributed by atoms with van der Waals surface area (Å²) in [6.07, 6.45) is 3.13. The highest BCUT2D eigenvalue weighted by atomic mass is 32.1. The Balaban J connectivity index is 2.71. The second kappa shape index (κ2) is 4.66. The van der Waals surface area contributed by atoms with E-state index in [1.807, 2.05) is 0 Å². The van der Waals surface area contributed by atoms with Crippen molar-refractivity contribution in [1.82, 2.24) is 9.88 Å². The summed E-state index contributed by atoms with van der Waals surface area (Å²) in [6.45, 7) is 0.281. The molecule has 0 aromatic carbocycles. The number of likely N-dealkylation sites (N-methyl/N-ethyl adjacent to an activating group) is 1. The van der Waals surface area contributed by atoms with Crippen LogP contribution in [0.1, 0.15) is 10.4 Å². The second-order valence-corrected chi connectivity index (χ2v) is 3.39. The van der Waals surface area contributed by atoms with E-state index in [4.69, 9.17) is 18.0 Å². The molecule has 0 aliphatic rings. The van der Waals surface area contributed by atoms with Crippen molar-refractivity contribution < 1.29 is 4.79 Å². The van der Waals surface area contributed by atoms with Crippen LogP contribution in [0.2, 0.25) is 0 Å². The van der Waals surface area contributed by atoms with E-state index in [9.17, 15) is 4.79 Å². The molecule has 4 nitrogen and oxygen atoms in total. The highest BCUT2D eigenvalue weighted by Crippen LogP contribution is 2.00. The quantitative estimate of drug-likeness (QED) is 0.734. The third-order valence-electron chi connectivity index (χ3n) is 1.65. The van der Waals surface area contributed by atoms with Gasteiger partial charge in [0.15, 0.2) is 0 Å². The van der Waals surface area contributed by atoms with E-state index in [1.54, 1.807) is 25.4 Å². The normalized spacial score (nSPS) is 9.50. The van der Waals surface area contributed by atoms with Crippen molar-refractivity contribution in [3.05, 3.63) is 30.1 Å². The van der Waals surface area contributed by atoms with Crippen molar-refractivity contribution in [2.45, 2.75) is 0 Å². The smallest absolute Gasteiger partial charge is 0.255 e. The van der Waals surface area contributed by atoms with Gasteiger partial charge in [-0.1, -0.05) is 12.2 Å². The third-order valence-corrected chi connectivity index (χ3v) is 1.78. The molecule has 0 fully saturated rings. The first kappa shape index (κ1) is 10.6. The van der Waals surface area contributed by atoms with Crippen molar-refractivity contribution in [2.75, 3.05) is 13.6 Å². The maximum atomic E-state index is 11.7. The predicted molar refractivity (Wildman–Crippen MR) is 58.0 cm³/mol. The standard InChI is InChI=1S/C9H11N3OS/c1-12(6-8(10)14)9(13)7-3-2-4-11-5-7/h2-5H,6H2,1H3,(H2,10,14). The van der Waals surface area contributed by atoms with Gasteiger partial charge >= 0.3 is 0 Å². The molecule has 0 bridgehead atoms. The fourth-order valence-corrected chi connectivity index (χ4v) is 1.21. The number of aromatic nitrogens is 1. The van der Waals surface area contributed by atoms with Gasteiger partial charge in [0.25, 0.3) is 5.91 Å². The van der Waals surface area contributed by atoms with Gasteiger partial charge in [0, 0.05) is 19.4 Å². The predicted octanol–water partition coefficient (Wildman–Crippen LogP) is 0.440. The van der Waals surface area contributed by atoms with Crippen LogP contribution in [0.4, 0.5) is 0 Å². The molecule has 1 heterocycles. The van der Waals surface area contributed by atoms with Crippen molar-refractivity contribution in [1.29, 1.82) is 0 Å². The maximum Gasteiger partial charge on any atom is 0.255 e. The minimum atomic E-state index is -0.133. The first-order valence-corrected chi connectivity index (χ1v) is 4.46. The van der Waals surface area contributed by atoms with Gasteiger partial charge < -0.3 is 10.6 Å². The molecule has 1 aromatic heterocycles. The molecular formula is C9H11N3OS. The largest absolute Gasteiger partial charge is 0.392 e. The van der Waals surface area contributed by atoms with Crippen LogP contribution in [0, 0.1) is 0 Å². The van der Waals surface area contributed by atoms with E-state index in [0.717, 1.165) is 0 Å². The first-order chi connectivity index (χ1) is 6.61. The van der Waals surface area contributed by atoms with Crippen LogP contribution in [0.5, 0.6) is 0 Å². The van der Waals surface area contributed by atoms with Crippen LogP contribution < -0.4 is 5.73 Å². The molecule has 0 aliphatic heterocycles. The summed E-state index contributed by atoms with van der Waals surface area (Å²) in [6, 6.07) is 3.41. The Bertz CT molecular complexity index is 339. The van der Waals surface area contributed by atoms with Crippen LogP contribution in [0.15, 0.2) is 24.5 Å². The summed E-state index contributed by atoms with van der Waals surface area (Å²) < 4.78 is 0. The fraction of sp³-hybridized carbons (Fsp3) is 0.222. The second-order valence-electron chi connectivity index (χ2n) is 2.87. The minimum absolute atomic E-state index is 0.133. The van der Waals surface area contributed by atoms with Gasteiger partial charge in [-0.2, -0.15) is 0 Å². The Morgan fingerprint density at radius 1 is 1.71 bits per heavy atom. The van der Waals surface area contributed by atoms with Crippen molar-refractivity contribution in [3.8, 4) is 0 Å². The minimum Gasteiger partial charge on any atom is -0.392 e. The number of carbonyl (C=O) groups is 1.